The summed E-state index contributed by atoms with van der Waals surface area (Å²) in [5, 5.41) is 3.06. The molecule has 0 aliphatic carbocycles. The van der Waals surface area contributed by atoms with Gasteiger partial charge in [-0.3, -0.25) is 0 Å². The molecule has 1 aromatic heterocycles. The molecule has 7 heteroatoms. The van der Waals surface area contributed by atoms with Crippen LogP contribution >= 0.6 is 0 Å². The van der Waals surface area contributed by atoms with Gasteiger partial charge in [0.05, 0.1) is 4.90 Å². The third-order valence-corrected chi connectivity index (χ3v) is 4.48. The van der Waals surface area contributed by atoms with Crippen LogP contribution in [0.15, 0.2) is 17.2 Å². The largest absolute Gasteiger partial charge is 0.382 e. The second-order valence-electron chi connectivity index (χ2n) is 4.84. The summed E-state index contributed by atoms with van der Waals surface area (Å²) >= 11 is 0. The Labute approximate surface area is 127 Å². The first-order valence-electron chi connectivity index (χ1n) is 7.46. The number of nitrogens with one attached hydrogen (secondary N) is 2. The van der Waals surface area contributed by atoms with E-state index >= 15 is 0 Å². The summed E-state index contributed by atoms with van der Waals surface area (Å²) in [5.74, 6) is 0. The molecule has 0 radical (unpaired) electrons. The lowest BCUT2D eigenvalue weighted by Gasteiger charge is -2.06. The quantitative estimate of drug-likeness (QED) is 0.604. The van der Waals surface area contributed by atoms with Gasteiger partial charge >= 0.3 is 0 Å². The smallest absolute Gasteiger partial charge is 0.242 e. The zero-order chi connectivity index (χ0) is 15.7. The Morgan fingerprint density at radius 2 is 2.10 bits per heavy atom. The fourth-order valence-corrected chi connectivity index (χ4v) is 3.20. The van der Waals surface area contributed by atoms with Crippen LogP contribution in [0.1, 0.15) is 32.4 Å². The Hall–Kier alpha value is -0.890. The molecule has 21 heavy (non-hydrogen) atoms. The number of sulfonamides is 1. The SMILES string of the molecule is CCCn1cc(S(=O)(=O)NCCCOCC)cc1CNC. The van der Waals surface area contributed by atoms with E-state index in [-0.39, 0.29) is 0 Å². The normalized spacial score (nSPS) is 12.0. The van der Waals surface area contributed by atoms with E-state index in [0.717, 1.165) is 18.7 Å². The Balaban J connectivity index is 2.71. The number of rotatable bonds is 11. The lowest BCUT2D eigenvalue weighted by atomic mass is 10.4. The first-order valence-corrected chi connectivity index (χ1v) is 8.94. The minimum absolute atomic E-state index is 0.331. The van der Waals surface area contributed by atoms with E-state index in [0.29, 0.717) is 37.6 Å². The highest BCUT2D eigenvalue weighted by molar-refractivity contribution is 7.89. The number of ether oxygens (including phenoxy) is 1. The molecule has 0 aliphatic heterocycles. The van der Waals surface area contributed by atoms with Crippen LogP contribution in [-0.4, -0.2) is 39.8 Å². The Kier molecular flexibility index (Phi) is 7.95. The summed E-state index contributed by atoms with van der Waals surface area (Å²) in [5.41, 5.74) is 0.981. The van der Waals surface area contributed by atoms with Crippen LogP contribution < -0.4 is 10.0 Å². The van der Waals surface area contributed by atoms with Crippen LogP contribution in [0.2, 0.25) is 0 Å². The number of hydrogen-bond acceptors (Lipinski definition) is 4. The van der Waals surface area contributed by atoms with Crippen molar-refractivity contribution in [2.24, 2.45) is 0 Å². The fourth-order valence-electron chi connectivity index (χ4n) is 2.06. The molecule has 0 unspecified atom stereocenters. The van der Waals surface area contributed by atoms with Crippen LogP contribution in [0.25, 0.3) is 0 Å². The van der Waals surface area contributed by atoms with Crippen molar-refractivity contribution in [1.29, 1.82) is 0 Å². The molecule has 0 fully saturated rings. The molecular weight excluding hydrogens is 290 g/mol. The van der Waals surface area contributed by atoms with Crippen molar-refractivity contribution in [1.82, 2.24) is 14.6 Å². The molecule has 1 rings (SSSR count). The minimum atomic E-state index is -3.44. The van der Waals surface area contributed by atoms with Gasteiger partial charge in [0, 0.05) is 44.7 Å². The molecule has 0 bridgehead atoms. The van der Waals surface area contributed by atoms with Crippen molar-refractivity contribution in [2.75, 3.05) is 26.8 Å². The van der Waals surface area contributed by atoms with Gasteiger partial charge in [0.1, 0.15) is 0 Å². The average molecular weight is 317 g/mol. The summed E-state index contributed by atoms with van der Waals surface area (Å²) in [6.07, 6.45) is 3.35. The number of aromatic nitrogens is 1. The van der Waals surface area contributed by atoms with Crippen LogP contribution in [0, 0.1) is 0 Å². The number of aryl methyl sites for hydroxylation is 1. The lowest BCUT2D eigenvalue weighted by molar-refractivity contribution is 0.146. The van der Waals surface area contributed by atoms with Crippen LogP contribution in [0.5, 0.6) is 0 Å². The molecule has 0 aromatic carbocycles. The molecule has 0 atom stereocenters. The van der Waals surface area contributed by atoms with Crippen molar-refractivity contribution in [3.63, 3.8) is 0 Å². The zero-order valence-electron chi connectivity index (χ0n) is 13.2. The number of hydrogen-bond donors (Lipinski definition) is 2. The number of nitrogens with zero attached hydrogens (tertiary/aromatic N) is 1. The van der Waals surface area contributed by atoms with Crippen molar-refractivity contribution in [2.45, 2.75) is 44.7 Å². The lowest BCUT2D eigenvalue weighted by Crippen LogP contribution is -2.25. The van der Waals surface area contributed by atoms with Gasteiger partial charge in [-0.05, 0) is 32.9 Å². The van der Waals surface area contributed by atoms with Crippen molar-refractivity contribution in [3.8, 4) is 0 Å². The molecular formula is C14H27N3O3S. The van der Waals surface area contributed by atoms with Gasteiger partial charge in [-0.1, -0.05) is 6.92 Å². The second kappa shape index (κ2) is 9.19. The standard InChI is InChI=1S/C14H27N3O3S/c1-4-8-17-12-14(10-13(17)11-15-3)21(18,19)16-7-6-9-20-5-2/h10,12,15-16H,4-9,11H2,1-3H3. The maximum absolute atomic E-state index is 12.3. The molecule has 1 aromatic rings. The molecule has 0 spiro atoms. The van der Waals surface area contributed by atoms with Gasteiger partial charge in [-0.15, -0.1) is 0 Å². The summed E-state index contributed by atoms with van der Waals surface area (Å²) in [7, 11) is -1.59. The van der Waals surface area contributed by atoms with Crippen molar-refractivity contribution in [3.05, 3.63) is 18.0 Å². The zero-order valence-corrected chi connectivity index (χ0v) is 14.0. The minimum Gasteiger partial charge on any atom is -0.382 e. The predicted molar refractivity (Wildman–Crippen MR) is 83.8 cm³/mol. The third-order valence-electron chi connectivity index (χ3n) is 3.06. The van der Waals surface area contributed by atoms with Gasteiger partial charge in [0.15, 0.2) is 0 Å². The predicted octanol–water partition coefficient (Wildman–Crippen LogP) is 1.32. The maximum Gasteiger partial charge on any atom is 0.242 e. The summed E-state index contributed by atoms with van der Waals surface area (Å²) in [6.45, 7) is 7.08. The highest BCUT2D eigenvalue weighted by atomic mass is 32.2. The van der Waals surface area contributed by atoms with Crippen LogP contribution in [-0.2, 0) is 27.8 Å². The summed E-state index contributed by atoms with van der Waals surface area (Å²) in [6, 6.07) is 1.73. The fraction of sp³-hybridized carbons (Fsp3) is 0.714. The summed E-state index contributed by atoms with van der Waals surface area (Å²) in [4.78, 5) is 0.331. The van der Waals surface area contributed by atoms with Gasteiger partial charge < -0.3 is 14.6 Å². The van der Waals surface area contributed by atoms with Crippen LogP contribution in [0.3, 0.4) is 0 Å². The molecule has 0 saturated carbocycles. The average Bonchev–Trinajstić information content (AvgIpc) is 2.84. The van der Waals surface area contributed by atoms with Gasteiger partial charge in [0.25, 0.3) is 0 Å². The van der Waals surface area contributed by atoms with Crippen LogP contribution in [0.4, 0.5) is 0 Å². The van der Waals surface area contributed by atoms with E-state index in [4.69, 9.17) is 4.74 Å². The first kappa shape index (κ1) is 18.2. The van der Waals surface area contributed by atoms with E-state index in [1.165, 1.54) is 0 Å². The molecule has 0 saturated heterocycles. The van der Waals surface area contributed by atoms with E-state index < -0.39 is 10.0 Å². The summed E-state index contributed by atoms with van der Waals surface area (Å²) < 4.78 is 34.3. The third kappa shape index (κ3) is 5.78. The topological polar surface area (TPSA) is 72.4 Å². The van der Waals surface area contributed by atoms with Gasteiger partial charge in [-0.2, -0.15) is 0 Å². The monoisotopic (exact) mass is 317 g/mol. The van der Waals surface area contributed by atoms with Gasteiger partial charge in [0.2, 0.25) is 10.0 Å². The maximum atomic E-state index is 12.3. The second-order valence-corrected chi connectivity index (χ2v) is 6.61. The Bertz CT molecular complexity index is 488. The molecule has 6 nitrogen and oxygen atoms in total. The highest BCUT2D eigenvalue weighted by Crippen LogP contribution is 2.15. The molecule has 1 heterocycles. The van der Waals surface area contributed by atoms with Crippen molar-refractivity contribution < 1.29 is 13.2 Å². The Morgan fingerprint density at radius 3 is 2.71 bits per heavy atom. The first-order chi connectivity index (χ1) is 10.0. The van der Waals surface area contributed by atoms with E-state index in [1.807, 2.05) is 18.5 Å². The molecule has 0 aliphatic rings. The van der Waals surface area contributed by atoms with Crippen molar-refractivity contribution >= 4 is 10.0 Å². The molecule has 2 N–H and O–H groups in total. The molecule has 0 amide bonds. The van der Waals surface area contributed by atoms with E-state index in [2.05, 4.69) is 17.0 Å². The van der Waals surface area contributed by atoms with E-state index in [1.54, 1.807) is 12.3 Å². The highest BCUT2D eigenvalue weighted by Gasteiger charge is 2.17. The Morgan fingerprint density at radius 1 is 1.33 bits per heavy atom. The van der Waals surface area contributed by atoms with Gasteiger partial charge in [-0.25, -0.2) is 13.1 Å². The molecule has 122 valence electrons. The van der Waals surface area contributed by atoms with E-state index in [9.17, 15) is 8.42 Å².